The zero-order valence-corrected chi connectivity index (χ0v) is 17.3. The first-order valence-electron chi connectivity index (χ1n) is 9.24. The molecule has 0 aliphatic carbocycles. The van der Waals surface area contributed by atoms with Crippen LogP contribution in [0.5, 0.6) is 0 Å². The molecule has 0 unspecified atom stereocenters. The van der Waals surface area contributed by atoms with Crippen molar-refractivity contribution in [2.45, 2.75) is 18.7 Å². The molecule has 0 radical (unpaired) electrons. The first-order chi connectivity index (χ1) is 13.7. The monoisotopic (exact) mass is 420 g/mol. The first kappa shape index (κ1) is 21.2. The number of rotatable bonds is 6. The second-order valence-electron chi connectivity index (χ2n) is 7.15. The Bertz CT molecular complexity index is 967. The number of imide groups is 2. The van der Waals surface area contributed by atoms with Gasteiger partial charge in [-0.2, -0.15) is 4.31 Å². The van der Waals surface area contributed by atoms with Crippen LogP contribution in [0.4, 0.5) is 4.79 Å². The van der Waals surface area contributed by atoms with Crippen molar-refractivity contribution in [1.82, 2.24) is 19.0 Å². The average Bonchev–Trinajstić information content (AvgIpc) is 2.86. The summed E-state index contributed by atoms with van der Waals surface area (Å²) in [5.74, 6) is -1.74. The van der Waals surface area contributed by atoms with Crippen molar-refractivity contribution in [1.29, 1.82) is 0 Å². The molecule has 3 rings (SSSR count). The van der Waals surface area contributed by atoms with Gasteiger partial charge in [0.25, 0.3) is 0 Å². The summed E-state index contributed by atoms with van der Waals surface area (Å²) < 4.78 is 27.3. The number of benzene rings is 1. The van der Waals surface area contributed by atoms with Gasteiger partial charge in [-0.15, -0.1) is 6.58 Å². The highest BCUT2D eigenvalue weighted by Gasteiger charge is 2.44. The van der Waals surface area contributed by atoms with Gasteiger partial charge >= 0.3 is 17.8 Å². The number of carbonyl (C=O) groups is 3. The van der Waals surface area contributed by atoms with E-state index < -0.39 is 27.9 Å². The standard InChI is InChI=1S/C19H24N4O5S/c1-4-7-22-17(24)18(25)23(19(22)26)13-20-8-10-21(11-9-20)29(27,28)16-6-5-14(2)12-15(16)3/h4-6,12H,1,7-11,13H2,2-3H3. The van der Waals surface area contributed by atoms with E-state index in [9.17, 15) is 22.8 Å². The second kappa shape index (κ2) is 8.05. The molecule has 2 aliphatic heterocycles. The first-order valence-corrected chi connectivity index (χ1v) is 10.7. The third-order valence-corrected chi connectivity index (χ3v) is 7.13. The molecule has 4 amide bonds. The molecule has 156 valence electrons. The number of hydrogen-bond acceptors (Lipinski definition) is 6. The average molecular weight is 420 g/mol. The Kier molecular flexibility index (Phi) is 5.87. The second-order valence-corrected chi connectivity index (χ2v) is 9.06. The molecule has 9 nitrogen and oxygen atoms in total. The molecule has 0 aromatic heterocycles. The van der Waals surface area contributed by atoms with E-state index in [1.165, 1.54) is 10.4 Å². The van der Waals surface area contributed by atoms with E-state index in [4.69, 9.17) is 0 Å². The molecular weight excluding hydrogens is 396 g/mol. The summed E-state index contributed by atoms with van der Waals surface area (Å²) in [4.78, 5) is 40.1. The number of nitrogens with zero attached hydrogens (tertiary/aromatic N) is 4. The van der Waals surface area contributed by atoms with E-state index in [1.807, 2.05) is 13.0 Å². The van der Waals surface area contributed by atoms with Crippen LogP contribution in [0.3, 0.4) is 0 Å². The maximum Gasteiger partial charge on any atom is 0.335 e. The van der Waals surface area contributed by atoms with Crippen LogP contribution in [0.25, 0.3) is 0 Å². The van der Waals surface area contributed by atoms with Gasteiger partial charge in [-0.25, -0.2) is 18.1 Å². The van der Waals surface area contributed by atoms with Crippen LogP contribution in [-0.4, -0.2) is 84.7 Å². The fourth-order valence-corrected chi connectivity index (χ4v) is 5.13. The summed E-state index contributed by atoms with van der Waals surface area (Å²) in [5, 5.41) is 0. The highest BCUT2D eigenvalue weighted by molar-refractivity contribution is 7.89. The number of aryl methyl sites for hydroxylation is 2. The van der Waals surface area contributed by atoms with E-state index in [0.717, 1.165) is 15.4 Å². The molecule has 2 fully saturated rings. The number of sulfonamides is 1. The van der Waals surface area contributed by atoms with Gasteiger partial charge in [0.2, 0.25) is 10.0 Å². The highest BCUT2D eigenvalue weighted by atomic mass is 32.2. The lowest BCUT2D eigenvalue weighted by Crippen LogP contribution is -2.52. The Morgan fingerprint density at radius 3 is 2.21 bits per heavy atom. The summed E-state index contributed by atoms with van der Waals surface area (Å²) in [7, 11) is -3.62. The summed E-state index contributed by atoms with van der Waals surface area (Å²) in [6.45, 7) is 8.23. The molecule has 29 heavy (non-hydrogen) atoms. The van der Waals surface area contributed by atoms with Gasteiger partial charge in [-0.3, -0.25) is 19.4 Å². The molecule has 0 atom stereocenters. The van der Waals surface area contributed by atoms with E-state index in [0.29, 0.717) is 18.7 Å². The number of hydrogen-bond donors (Lipinski definition) is 0. The zero-order chi connectivity index (χ0) is 21.3. The largest absolute Gasteiger partial charge is 0.335 e. The van der Waals surface area contributed by atoms with E-state index >= 15 is 0 Å². The van der Waals surface area contributed by atoms with Gasteiger partial charge in [0.05, 0.1) is 11.6 Å². The molecule has 10 heteroatoms. The maximum absolute atomic E-state index is 13.0. The van der Waals surface area contributed by atoms with Crippen molar-refractivity contribution in [3.05, 3.63) is 42.0 Å². The van der Waals surface area contributed by atoms with Crippen molar-refractivity contribution in [2.75, 3.05) is 39.4 Å². The lowest BCUT2D eigenvalue weighted by molar-refractivity contribution is -0.143. The molecule has 2 aliphatic rings. The molecular formula is C19H24N4O5S. The molecule has 0 spiro atoms. The summed E-state index contributed by atoms with van der Waals surface area (Å²) in [6.07, 6.45) is 1.38. The minimum atomic E-state index is -3.62. The fraction of sp³-hybridized carbons (Fsp3) is 0.421. The highest BCUT2D eigenvalue weighted by Crippen LogP contribution is 2.22. The predicted octanol–water partition coefficient (Wildman–Crippen LogP) is 0.544. The van der Waals surface area contributed by atoms with Gasteiger partial charge in [0.1, 0.15) is 0 Å². The third kappa shape index (κ3) is 3.96. The third-order valence-electron chi connectivity index (χ3n) is 5.07. The van der Waals surface area contributed by atoms with Crippen LogP contribution < -0.4 is 0 Å². The SMILES string of the molecule is C=CCN1C(=O)C(=O)N(CN2CCN(S(=O)(=O)c3ccc(C)cc3C)CC2)C1=O. The normalized spacial score (nSPS) is 19.3. The lowest BCUT2D eigenvalue weighted by Gasteiger charge is -2.35. The van der Waals surface area contributed by atoms with Gasteiger partial charge in [-0.05, 0) is 25.5 Å². The maximum atomic E-state index is 13.0. The van der Waals surface area contributed by atoms with Crippen LogP contribution >= 0.6 is 0 Å². The van der Waals surface area contributed by atoms with Crippen LogP contribution in [0.2, 0.25) is 0 Å². The van der Waals surface area contributed by atoms with Gasteiger partial charge in [0, 0.05) is 32.7 Å². The minimum Gasteiger partial charge on any atom is -0.283 e. The Hall–Kier alpha value is -2.56. The topological polar surface area (TPSA) is 98.3 Å². The number of amides is 4. The van der Waals surface area contributed by atoms with Crippen molar-refractivity contribution in [3.63, 3.8) is 0 Å². The summed E-state index contributed by atoms with van der Waals surface area (Å²) in [5.41, 5.74) is 1.69. The molecule has 0 N–H and O–H groups in total. The van der Waals surface area contributed by atoms with Crippen molar-refractivity contribution in [3.8, 4) is 0 Å². The Morgan fingerprint density at radius 1 is 1.00 bits per heavy atom. The quantitative estimate of drug-likeness (QED) is 0.379. The predicted molar refractivity (Wildman–Crippen MR) is 105 cm³/mol. The fourth-order valence-electron chi connectivity index (χ4n) is 3.50. The molecule has 0 saturated carbocycles. The van der Waals surface area contributed by atoms with Gasteiger partial charge < -0.3 is 0 Å². The number of urea groups is 1. The summed E-state index contributed by atoms with van der Waals surface area (Å²) in [6, 6.07) is 4.55. The van der Waals surface area contributed by atoms with Crippen molar-refractivity contribution in [2.24, 2.45) is 0 Å². The minimum absolute atomic E-state index is 0.0260. The summed E-state index contributed by atoms with van der Waals surface area (Å²) >= 11 is 0. The van der Waals surface area contributed by atoms with E-state index in [1.54, 1.807) is 24.0 Å². The van der Waals surface area contributed by atoms with E-state index in [-0.39, 0.29) is 31.2 Å². The number of piperazine rings is 1. The van der Waals surface area contributed by atoms with Crippen molar-refractivity contribution < 1.29 is 22.8 Å². The van der Waals surface area contributed by atoms with Crippen LogP contribution in [0, 0.1) is 13.8 Å². The van der Waals surface area contributed by atoms with Crippen molar-refractivity contribution >= 4 is 27.9 Å². The Labute approximate surface area is 170 Å². The van der Waals surface area contributed by atoms with E-state index in [2.05, 4.69) is 6.58 Å². The molecule has 1 aromatic carbocycles. The van der Waals surface area contributed by atoms with Gasteiger partial charge in [-0.1, -0.05) is 23.8 Å². The molecule has 0 bridgehead atoms. The Balaban J connectivity index is 1.65. The molecule has 1 aromatic rings. The zero-order valence-electron chi connectivity index (χ0n) is 16.5. The molecule has 2 heterocycles. The van der Waals surface area contributed by atoms with Crippen LogP contribution in [0.1, 0.15) is 11.1 Å². The smallest absolute Gasteiger partial charge is 0.283 e. The lowest BCUT2D eigenvalue weighted by atomic mass is 10.2. The Morgan fingerprint density at radius 2 is 1.62 bits per heavy atom. The van der Waals surface area contributed by atoms with Crippen LogP contribution in [-0.2, 0) is 19.6 Å². The van der Waals surface area contributed by atoms with Crippen LogP contribution in [0.15, 0.2) is 35.7 Å². The van der Waals surface area contributed by atoms with Gasteiger partial charge in [0.15, 0.2) is 0 Å². The number of carbonyl (C=O) groups excluding carboxylic acids is 3. The molecule has 2 saturated heterocycles.